The van der Waals surface area contributed by atoms with Crippen LogP contribution in [0.5, 0.6) is 0 Å². The van der Waals surface area contributed by atoms with Gasteiger partial charge in [-0.15, -0.1) is 0 Å². The third-order valence-electron chi connectivity index (χ3n) is 2.85. The lowest BCUT2D eigenvalue weighted by molar-refractivity contribution is 0.199. The van der Waals surface area contributed by atoms with Gasteiger partial charge in [-0.1, -0.05) is 34.1 Å². The Balaban J connectivity index is 0. The third-order valence-corrected chi connectivity index (χ3v) is 2.85. The summed E-state index contributed by atoms with van der Waals surface area (Å²) in [6, 6.07) is 1.54. The van der Waals surface area contributed by atoms with E-state index in [0.29, 0.717) is 0 Å². The number of rotatable bonds is 1. The fourth-order valence-corrected chi connectivity index (χ4v) is 1.85. The molecule has 0 aliphatic carbocycles. The minimum atomic E-state index is 0.736. The lowest BCUT2D eigenvalue weighted by Crippen LogP contribution is -2.35. The summed E-state index contributed by atoms with van der Waals surface area (Å²) in [6.07, 6.45) is 2.64. The van der Waals surface area contributed by atoms with Crippen LogP contribution in [-0.4, -0.2) is 30.1 Å². The highest BCUT2D eigenvalue weighted by atomic mass is 15.2. The molecular weight excluding hydrogens is 196 g/mol. The molecule has 0 aromatic heterocycles. The zero-order valence-electron chi connectivity index (χ0n) is 12.6. The van der Waals surface area contributed by atoms with E-state index in [-0.39, 0.29) is 0 Å². The topological polar surface area (TPSA) is 29.3 Å². The molecule has 1 heterocycles. The average molecular weight is 230 g/mol. The molecule has 0 aromatic rings. The van der Waals surface area contributed by atoms with Crippen molar-refractivity contribution < 1.29 is 0 Å². The molecular formula is C14H34N2. The predicted molar refractivity (Wildman–Crippen MR) is 75.8 cm³/mol. The predicted octanol–water partition coefficient (Wildman–Crippen LogP) is 3.51. The van der Waals surface area contributed by atoms with Crippen LogP contribution in [0.15, 0.2) is 0 Å². The second-order valence-electron chi connectivity index (χ2n) is 4.95. The highest BCUT2D eigenvalue weighted by molar-refractivity contribution is 4.82. The summed E-state index contributed by atoms with van der Waals surface area (Å²) < 4.78 is 0. The number of hydrogen-bond acceptors (Lipinski definition) is 2. The van der Waals surface area contributed by atoms with Crippen LogP contribution in [0.2, 0.25) is 0 Å². The van der Waals surface area contributed by atoms with Crippen LogP contribution in [-0.2, 0) is 0 Å². The Morgan fingerprint density at radius 2 is 1.56 bits per heavy atom. The molecule has 0 radical (unpaired) electrons. The van der Waals surface area contributed by atoms with Crippen LogP contribution >= 0.6 is 0 Å². The molecule has 0 spiro atoms. The molecule has 2 atom stereocenters. The monoisotopic (exact) mass is 230 g/mol. The van der Waals surface area contributed by atoms with E-state index in [0.717, 1.165) is 24.5 Å². The van der Waals surface area contributed by atoms with Gasteiger partial charge < -0.3 is 5.73 Å². The Bertz CT molecular complexity index is 133. The van der Waals surface area contributed by atoms with Crippen LogP contribution in [0.1, 0.15) is 61.3 Å². The standard InChI is InChI=1S/C9H19N.C3H8.C2H7N/c1-7(2)10-6-5-8(3)9(10)4;1-3-2;1-2-3/h7-9H,5-6H2,1-4H3;3H2,1-2H3;2-3H2,1H3. The summed E-state index contributed by atoms with van der Waals surface area (Å²) in [7, 11) is 0. The molecule has 2 heteroatoms. The summed E-state index contributed by atoms with van der Waals surface area (Å²) >= 11 is 0. The summed E-state index contributed by atoms with van der Waals surface area (Å²) in [5.41, 5.74) is 4.85. The van der Waals surface area contributed by atoms with Crippen molar-refractivity contribution in [2.75, 3.05) is 13.1 Å². The van der Waals surface area contributed by atoms with Crippen molar-refractivity contribution >= 4 is 0 Å². The van der Waals surface area contributed by atoms with Crippen LogP contribution < -0.4 is 5.73 Å². The first-order chi connectivity index (χ1) is 7.45. The van der Waals surface area contributed by atoms with E-state index in [4.69, 9.17) is 5.73 Å². The maximum absolute atomic E-state index is 4.85. The summed E-state index contributed by atoms with van der Waals surface area (Å²) in [5.74, 6) is 0.905. The van der Waals surface area contributed by atoms with Crippen molar-refractivity contribution in [2.45, 2.75) is 73.4 Å². The SMILES string of the molecule is CC1CCN(C(C)C)C1C.CCC.CCN. The molecule has 1 rings (SSSR count). The molecule has 16 heavy (non-hydrogen) atoms. The summed E-state index contributed by atoms with van der Waals surface area (Å²) in [6.45, 7) is 17.5. The molecule has 2 unspecified atom stereocenters. The maximum atomic E-state index is 4.85. The molecule has 0 bridgehead atoms. The minimum absolute atomic E-state index is 0.736. The molecule has 2 nitrogen and oxygen atoms in total. The van der Waals surface area contributed by atoms with Crippen LogP contribution in [0.25, 0.3) is 0 Å². The van der Waals surface area contributed by atoms with Gasteiger partial charge in [-0.25, -0.2) is 0 Å². The first-order valence-corrected chi connectivity index (χ1v) is 6.91. The highest BCUT2D eigenvalue weighted by Gasteiger charge is 2.28. The molecule has 1 fully saturated rings. The quantitative estimate of drug-likeness (QED) is 0.747. The smallest absolute Gasteiger partial charge is 0.00957 e. The molecule has 0 amide bonds. The van der Waals surface area contributed by atoms with Crippen molar-refractivity contribution in [1.29, 1.82) is 0 Å². The summed E-state index contributed by atoms with van der Waals surface area (Å²) in [4.78, 5) is 2.59. The Morgan fingerprint density at radius 1 is 1.19 bits per heavy atom. The Morgan fingerprint density at radius 3 is 1.69 bits per heavy atom. The zero-order chi connectivity index (χ0) is 13.1. The van der Waals surface area contributed by atoms with Gasteiger partial charge >= 0.3 is 0 Å². The molecule has 1 saturated heterocycles. The second kappa shape index (κ2) is 11.4. The number of hydrogen-bond donors (Lipinski definition) is 1. The van der Waals surface area contributed by atoms with Gasteiger partial charge in [0, 0.05) is 12.1 Å². The van der Waals surface area contributed by atoms with E-state index >= 15 is 0 Å². The first kappa shape index (κ1) is 18.3. The first-order valence-electron chi connectivity index (χ1n) is 6.91. The fourth-order valence-electron chi connectivity index (χ4n) is 1.85. The van der Waals surface area contributed by atoms with E-state index in [9.17, 15) is 0 Å². The number of likely N-dealkylation sites (tertiary alicyclic amines) is 1. The average Bonchev–Trinajstić information content (AvgIpc) is 2.50. The van der Waals surface area contributed by atoms with Gasteiger partial charge in [0.25, 0.3) is 0 Å². The van der Waals surface area contributed by atoms with Gasteiger partial charge in [-0.05, 0) is 46.2 Å². The van der Waals surface area contributed by atoms with Gasteiger partial charge in [0.05, 0.1) is 0 Å². The van der Waals surface area contributed by atoms with Crippen LogP contribution in [0.4, 0.5) is 0 Å². The van der Waals surface area contributed by atoms with E-state index in [1.165, 1.54) is 19.4 Å². The fraction of sp³-hybridized carbons (Fsp3) is 1.00. The minimum Gasteiger partial charge on any atom is -0.331 e. The molecule has 1 aliphatic rings. The van der Waals surface area contributed by atoms with Crippen LogP contribution in [0.3, 0.4) is 0 Å². The summed E-state index contributed by atoms with van der Waals surface area (Å²) in [5, 5.41) is 0. The molecule has 2 N–H and O–H groups in total. The Hall–Kier alpha value is -0.0800. The van der Waals surface area contributed by atoms with Crippen molar-refractivity contribution in [1.82, 2.24) is 4.90 Å². The maximum Gasteiger partial charge on any atom is 0.00957 e. The molecule has 1 aliphatic heterocycles. The second-order valence-corrected chi connectivity index (χ2v) is 4.95. The van der Waals surface area contributed by atoms with E-state index in [1.54, 1.807) is 0 Å². The van der Waals surface area contributed by atoms with Crippen molar-refractivity contribution in [3.05, 3.63) is 0 Å². The molecule has 0 saturated carbocycles. The van der Waals surface area contributed by atoms with Gasteiger partial charge in [-0.3, -0.25) is 4.90 Å². The van der Waals surface area contributed by atoms with Gasteiger partial charge in [0.1, 0.15) is 0 Å². The Kier molecular flexibility index (Phi) is 13.0. The van der Waals surface area contributed by atoms with Crippen molar-refractivity contribution in [3.63, 3.8) is 0 Å². The largest absolute Gasteiger partial charge is 0.331 e. The van der Waals surface area contributed by atoms with Crippen LogP contribution in [0, 0.1) is 5.92 Å². The Labute approximate surface area is 104 Å². The van der Waals surface area contributed by atoms with E-state index in [2.05, 4.69) is 46.4 Å². The highest BCUT2D eigenvalue weighted by Crippen LogP contribution is 2.24. The zero-order valence-corrected chi connectivity index (χ0v) is 12.6. The van der Waals surface area contributed by atoms with E-state index < -0.39 is 0 Å². The van der Waals surface area contributed by atoms with E-state index in [1.807, 2.05) is 6.92 Å². The number of nitrogens with two attached hydrogens (primary N) is 1. The van der Waals surface area contributed by atoms with Gasteiger partial charge in [-0.2, -0.15) is 0 Å². The third kappa shape index (κ3) is 8.12. The van der Waals surface area contributed by atoms with Crippen molar-refractivity contribution in [3.8, 4) is 0 Å². The van der Waals surface area contributed by atoms with Gasteiger partial charge in [0.15, 0.2) is 0 Å². The van der Waals surface area contributed by atoms with Gasteiger partial charge in [0.2, 0.25) is 0 Å². The molecule has 0 aromatic carbocycles. The normalized spacial score (nSPS) is 24.6. The lowest BCUT2D eigenvalue weighted by atomic mass is 10.1. The number of nitrogens with zero attached hydrogens (tertiary/aromatic N) is 1. The van der Waals surface area contributed by atoms with Crippen molar-refractivity contribution in [2.24, 2.45) is 11.7 Å². The molecule has 100 valence electrons. The lowest BCUT2D eigenvalue weighted by Gasteiger charge is -2.26.